The Balaban J connectivity index is 1.40. The number of fused-ring (bicyclic) bond motifs is 1. The van der Waals surface area contributed by atoms with Crippen LogP contribution in [0.2, 0.25) is 0 Å². The molecule has 2 heterocycles. The van der Waals surface area contributed by atoms with Crippen molar-refractivity contribution in [2.75, 3.05) is 11.9 Å². The normalized spacial score (nSPS) is 21.3. The number of carbonyl (C=O) groups excluding carboxylic acids is 3. The van der Waals surface area contributed by atoms with Crippen LogP contribution in [-0.2, 0) is 27.3 Å². The standard InChI is InChI=1S/C22H26N4O3/c1-2-15-7-9-16(10-8-15)13-26-19(11-12-23-26)24-20(27)14-25-21(28)17-5-3-4-6-18(17)22(25)29/h7-12,17-18H,2-6,13-14H2,1H3,(H,24,27)/t17-,18+. The average Bonchev–Trinajstić information content (AvgIpc) is 3.26. The number of rotatable bonds is 6. The monoisotopic (exact) mass is 394 g/mol. The summed E-state index contributed by atoms with van der Waals surface area (Å²) in [7, 11) is 0. The van der Waals surface area contributed by atoms with Crippen LogP contribution in [0.3, 0.4) is 0 Å². The maximum absolute atomic E-state index is 12.6. The van der Waals surface area contributed by atoms with Gasteiger partial charge in [0.05, 0.1) is 24.6 Å². The molecule has 2 aliphatic rings. The minimum atomic E-state index is -0.381. The SMILES string of the molecule is CCc1ccc(Cn2nccc2NC(=O)CN2C(=O)[C@H]3CCCC[C@H]3C2=O)cc1. The molecule has 1 aromatic carbocycles. The lowest BCUT2D eigenvalue weighted by Gasteiger charge is -2.19. The van der Waals surface area contributed by atoms with Gasteiger partial charge in [-0.1, -0.05) is 44.0 Å². The van der Waals surface area contributed by atoms with E-state index in [1.807, 2.05) is 0 Å². The number of nitrogens with one attached hydrogen (secondary N) is 1. The second-order valence-corrected chi connectivity index (χ2v) is 7.85. The van der Waals surface area contributed by atoms with Gasteiger partial charge in [0.2, 0.25) is 17.7 Å². The first-order chi connectivity index (χ1) is 14.1. The van der Waals surface area contributed by atoms with E-state index in [9.17, 15) is 14.4 Å². The van der Waals surface area contributed by atoms with E-state index in [4.69, 9.17) is 0 Å². The van der Waals surface area contributed by atoms with Crippen LogP contribution in [-0.4, -0.2) is 38.9 Å². The van der Waals surface area contributed by atoms with E-state index in [1.165, 1.54) is 5.56 Å². The van der Waals surface area contributed by atoms with Crippen molar-refractivity contribution in [1.29, 1.82) is 0 Å². The van der Waals surface area contributed by atoms with Crippen LogP contribution in [0.25, 0.3) is 0 Å². The zero-order valence-electron chi connectivity index (χ0n) is 16.6. The van der Waals surface area contributed by atoms with E-state index in [0.29, 0.717) is 12.4 Å². The lowest BCUT2D eigenvalue weighted by molar-refractivity contribution is -0.142. The van der Waals surface area contributed by atoms with E-state index in [1.54, 1.807) is 16.9 Å². The van der Waals surface area contributed by atoms with Gasteiger partial charge < -0.3 is 5.32 Å². The Hall–Kier alpha value is -2.96. The van der Waals surface area contributed by atoms with Gasteiger partial charge in [-0.15, -0.1) is 0 Å². The van der Waals surface area contributed by atoms with E-state index in [-0.39, 0.29) is 36.1 Å². The van der Waals surface area contributed by atoms with Crippen molar-refractivity contribution in [2.24, 2.45) is 11.8 Å². The van der Waals surface area contributed by atoms with Crippen molar-refractivity contribution < 1.29 is 14.4 Å². The molecule has 1 N–H and O–H groups in total. The maximum atomic E-state index is 12.6. The Morgan fingerprint density at radius 2 is 1.66 bits per heavy atom. The molecule has 7 heteroatoms. The third-order valence-corrected chi connectivity index (χ3v) is 5.98. The number of anilines is 1. The molecule has 0 radical (unpaired) electrons. The van der Waals surface area contributed by atoms with Crippen molar-refractivity contribution in [3.8, 4) is 0 Å². The second kappa shape index (κ2) is 8.19. The molecule has 2 atom stereocenters. The van der Waals surface area contributed by atoms with Crippen molar-refractivity contribution in [2.45, 2.75) is 45.6 Å². The fourth-order valence-electron chi connectivity index (χ4n) is 4.33. The first kappa shape index (κ1) is 19.4. The van der Waals surface area contributed by atoms with E-state index >= 15 is 0 Å². The highest BCUT2D eigenvalue weighted by Crippen LogP contribution is 2.37. The van der Waals surface area contributed by atoms with Crippen LogP contribution in [0.15, 0.2) is 36.5 Å². The lowest BCUT2D eigenvalue weighted by atomic mass is 9.81. The van der Waals surface area contributed by atoms with Crippen LogP contribution in [0.1, 0.15) is 43.7 Å². The molecule has 1 saturated carbocycles. The highest BCUT2D eigenvalue weighted by Gasteiger charge is 2.48. The number of hydrogen-bond donors (Lipinski definition) is 1. The van der Waals surface area contributed by atoms with E-state index < -0.39 is 0 Å². The lowest BCUT2D eigenvalue weighted by Crippen LogP contribution is -2.38. The van der Waals surface area contributed by atoms with E-state index in [0.717, 1.165) is 42.6 Å². The minimum absolute atomic E-state index is 0.195. The van der Waals surface area contributed by atoms with Crippen molar-refractivity contribution in [3.63, 3.8) is 0 Å². The largest absolute Gasteiger partial charge is 0.309 e. The molecular weight excluding hydrogens is 368 g/mol. The fraction of sp³-hybridized carbons (Fsp3) is 0.455. The smallest absolute Gasteiger partial charge is 0.245 e. The Kier molecular flexibility index (Phi) is 5.47. The Morgan fingerprint density at radius 3 is 2.28 bits per heavy atom. The van der Waals surface area contributed by atoms with Crippen LogP contribution in [0, 0.1) is 11.8 Å². The molecule has 1 saturated heterocycles. The predicted octanol–water partition coefficient (Wildman–Crippen LogP) is 2.61. The fourth-order valence-corrected chi connectivity index (χ4v) is 4.33. The minimum Gasteiger partial charge on any atom is -0.309 e. The summed E-state index contributed by atoms with van der Waals surface area (Å²) in [5.41, 5.74) is 2.35. The Bertz CT molecular complexity index is 894. The third-order valence-electron chi connectivity index (χ3n) is 5.98. The van der Waals surface area contributed by atoms with Crippen LogP contribution >= 0.6 is 0 Å². The van der Waals surface area contributed by atoms with Crippen LogP contribution in [0.4, 0.5) is 5.82 Å². The van der Waals surface area contributed by atoms with Gasteiger partial charge in [-0.05, 0) is 30.4 Å². The van der Waals surface area contributed by atoms with Crippen molar-refractivity contribution >= 4 is 23.5 Å². The number of likely N-dealkylation sites (tertiary alicyclic amines) is 1. The van der Waals surface area contributed by atoms with Gasteiger partial charge in [0, 0.05) is 6.07 Å². The summed E-state index contributed by atoms with van der Waals surface area (Å²) in [4.78, 5) is 38.8. The quantitative estimate of drug-likeness (QED) is 0.764. The molecule has 3 amide bonds. The molecule has 0 unspecified atom stereocenters. The number of aryl methyl sites for hydroxylation is 1. The first-order valence-electron chi connectivity index (χ1n) is 10.3. The number of nitrogens with zero attached hydrogens (tertiary/aromatic N) is 3. The molecule has 1 aliphatic heterocycles. The topological polar surface area (TPSA) is 84.3 Å². The number of aromatic nitrogens is 2. The number of hydrogen-bond acceptors (Lipinski definition) is 4. The molecule has 0 bridgehead atoms. The zero-order chi connectivity index (χ0) is 20.4. The van der Waals surface area contributed by atoms with Crippen molar-refractivity contribution in [1.82, 2.24) is 14.7 Å². The molecular formula is C22H26N4O3. The Morgan fingerprint density at radius 1 is 1.03 bits per heavy atom. The molecule has 1 aliphatic carbocycles. The van der Waals surface area contributed by atoms with Gasteiger partial charge in [-0.2, -0.15) is 5.10 Å². The summed E-state index contributed by atoms with van der Waals surface area (Å²) in [6, 6.07) is 9.98. The summed E-state index contributed by atoms with van der Waals surface area (Å²) in [6.07, 6.45) is 6.04. The van der Waals surface area contributed by atoms with Gasteiger partial charge >= 0.3 is 0 Å². The summed E-state index contributed by atoms with van der Waals surface area (Å²) in [5.74, 6) is -0.695. The third kappa shape index (κ3) is 3.95. The maximum Gasteiger partial charge on any atom is 0.245 e. The highest BCUT2D eigenvalue weighted by molar-refractivity contribution is 6.08. The van der Waals surface area contributed by atoms with Gasteiger partial charge in [0.1, 0.15) is 12.4 Å². The van der Waals surface area contributed by atoms with Gasteiger partial charge in [-0.25, -0.2) is 4.68 Å². The first-order valence-corrected chi connectivity index (χ1v) is 10.3. The number of benzene rings is 1. The van der Waals surface area contributed by atoms with Gasteiger partial charge in [0.15, 0.2) is 0 Å². The molecule has 2 aromatic rings. The van der Waals surface area contributed by atoms with Gasteiger partial charge in [0.25, 0.3) is 0 Å². The zero-order valence-corrected chi connectivity index (χ0v) is 16.6. The number of imide groups is 1. The summed E-state index contributed by atoms with van der Waals surface area (Å²) < 4.78 is 1.70. The highest BCUT2D eigenvalue weighted by atomic mass is 16.2. The van der Waals surface area contributed by atoms with Crippen LogP contribution in [0.5, 0.6) is 0 Å². The predicted molar refractivity (Wildman–Crippen MR) is 108 cm³/mol. The average molecular weight is 394 g/mol. The molecule has 0 spiro atoms. The summed E-state index contributed by atoms with van der Waals surface area (Å²) >= 11 is 0. The van der Waals surface area contributed by atoms with E-state index in [2.05, 4.69) is 41.6 Å². The van der Waals surface area contributed by atoms with Crippen molar-refractivity contribution in [3.05, 3.63) is 47.7 Å². The summed E-state index contributed by atoms with van der Waals surface area (Å²) in [6.45, 7) is 2.40. The molecule has 1 aromatic heterocycles. The molecule has 2 fully saturated rings. The second-order valence-electron chi connectivity index (χ2n) is 7.85. The summed E-state index contributed by atoms with van der Waals surface area (Å²) in [5, 5.41) is 7.08. The molecule has 29 heavy (non-hydrogen) atoms. The molecule has 152 valence electrons. The Labute approximate surface area is 170 Å². The molecule has 7 nitrogen and oxygen atoms in total. The molecule has 4 rings (SSSR count). The van der Waals surface area contributed by atoms with Gasteiger partial charge in [-0.3, -0.25) is 19.3 Å². The van der Waals surface area contributed by atoms with Crippen LogP contribution < -0.4 is 5.32 Å². The number of amides is 3. The number of carbonyl (C=O) groups is 3.